The first kappa shape index (κ1) is 22.0. The summed E-state index contributed by atoms with van der Waals surface area (Å²) >= 11 is 0. The minimum atomic E-state index is 0.715. The number of aromatic nitrogens is 4. The quantitative estimate of drug-likeness (QED) is 0.302. The maximum absolute atomic E-state index is 4.92. The molecule has 0 radical (unpaired) electrons. The SMILES string of the molecule is Cc1ccc(CCN(Cc2ccc3ccccc3n2)Cc2nncn2Cc2ccccc2)cc1. The highest BCUT2D eigenvalue weighted by Crippen LogP contribution is 2.15. The molecule has 34 heavy (non-hydrogen) atoms. The molecule has 0 saturated heterocycles. The van der Waals surface area contributed by atoms with Crippen molar-refractivity contribution in [3.8, 4) is 0 Å². The van der Waals surface area contributed by atoms with Crippen LogP contribution in [0, 0.1) is 6.92 Å². The number of hydrogen-bond donors (Lipinski definition) is 0. The molecule has 0 unspecified atom stereocenters. The summed E-state index contributed by atoms with van der Waals surface area (Å²) in [5.41, 5.74) is 5.97. The first-order valence-electron chi connectivity index (χ1n) is 11.8. The second-order valence-electron chi connectivity index (χ2n) is 8.80. The predicted molar refractivity (Wildman–Crippen MR) is 136 cm³/mol. The number of aryl methyl sites for hydroxylation is 1. The fourth-order valence-electron chi connectivity index (χ4n) is 4.19. The summed E-state index contributed by atoms with van der Waals surface area (Å²) in [5, 5.41) is 9.85. The largest absolute Gasteiger partial charge is 0.312 e. The van der Waals surface area contributed by atoms with E-state index < -0.39 is 0 Å². The van der Waals surface area contributed by atoms with Crippen LogP contribution < -0.4 is 0 Å². The number of rotatable bonds is 9. The third-order valence-corrected chi connectivity index (χ3v) is 6.14. The topological polar surface area (TPSA) is 46.8 Å². The van der Waals surface area contributed by atoms with Gasteiger partial charge < -0.3 is 4.57 Å². The third kappa shape index (κ3) is 5.56. The average molecular weight is 448 g/mol. The monoisotopic (exact) mass is 447 g/mol. The molecule has 0 fully saturated rings. The van der Waals surface area contributed by atoms with Gasteiger partial charge in [0.1, 0.15) is 12.2 Å². The Morgan fingerprint density at radius 3 is 2.41 bits per heavy atom. The Labute approximate surface area is 200 Å². The number of para-hydroxylation sites is 1. The Morgan fingerprint density at radius 1 is 0.765 bits per heavy atom. The Balaban J connectivity index is 1.36. The first-order chi connectivity index (χ1) is 16.7. The van der Waals surface area contributed by atoms with Gasteiger partial charge in [0.2, 0.25) is 0 Å². The lowest BCUT2D eigenvalue weighted by Gasteiger charge is -2.22. The molecule has 5 rings (SSSR count). The highest BCUT2D eigenvalue weighted by Gasteiger charge is 2.14. The van der Waals surface area contributed by atoms with Crippen LogP contribution in [0.2, 0.25) is 0 Å². The average Bonchev–Trinajstić information content (AvgIpc) is 3.30. The highest BCUT2D eigenvalue weighted by atomic mass is 15.3. The third-order valence-electron chi connectivity index (χ3n) is 6.14. The van der Waals surface area contributed by atoms with Crippen molar-refractivity contribution in [1.82, 2.24) is 24.6 Å². The summed E-state index contributed by atoms with van der Waals surface area (Å²) in [6.07, 6.45) is 2.80. The van der Waals surface area contributed by atoms with E-state index in [1.807, 2.05) is 18.5 Å². The van der Waals surface area contributed by atoms with Gasteiger partial charge in [-0.25, -0.2) is 0 Å². The van der Waals surface area contributed by atoms with Gasteiger partial charge in [-0.2, -0.15) is 0 Å². The molecular weight excluding hydrogens is 418 g/mol. The summed E-state index contributed by atoms with van der Waals surface area (Å²) in [6, 6.07) is 31.8. The van der Waals surface area contributed by atoms with Gasteiger partial charge in [0, 0.05) is 18.5 Å². The van der Waals surface area contributed by atoms with Gasteiger partial charge >= 0.3 is 0 Å². The summed E-state index contributed by atoms with van der Waals surface area (Å²) in [4.78, 5) is 7.34. The van der Waals surface area contributed by atoms with E-state index in [-0.39, 0.29) is 0 Å². The van der Waals surface area contributed by atoms with Gasteiger partial charge in [0.05, 0.1) is 24.3 Å². The molecule has 5 nitrogen and oxygen atoms in total. The van der Waals surface area contributed by atoms with Crippen molar-refractivity contribution < 1.29 is 0 Å². The summed E-state index contributed by atoms with van der Waals surface area (Å²) in [6.45, 7) is 5.28. The van der Waals surface area contributed by atoms with Crippen LogP contribution in [0.1, 0.15) is 28.2 Å². The second kappa shape index (κ2) is 10.4. The molecule has 0 aliphatic carbocycles. The maximum Gasteiger partial charge on any atom is 0.147 e. The number of benzene rings is 3. The summed E-state index contributed by atoms with van der Waals surface area (Å²) in [7, 11) is 0. The van der Waals surface area contributed by atoms with Crippen molar-refractivity contribution in [2.45, 2.75) is 33.0 Å². The predicted octanol–water partition coefficient (Wildman–Crippen LogP) is 5.43. The van der Waals surface area contributed by atoms with E-state index in [0.29, 0.717) is 6.54 Å². The first-order valence-corrected chi connectivity index (χ1v) is 11.8. The summed E-state index contributed by atoms with van der Waals surface area (Å²) in [5.74, 6) is 0.966. The van der Waals surface area contributed by atoms with Crippen molar-refractivity contribution in [2.75, 3.05) is 6.54 Å². The molecule has 0 saturated carbocycles. The number of fused-ring (bicyclic) bond motifs is 1. The Bertz CT molecular complexity index is 1340. The van der Waals surface area contributed by atoms with Crippen LogP contribution in [0.5, 0.6) is 0 Å². The minimum Gasteiger partial charge on any atom is -0.312 e. The van der Waals surface area contributed by atoms with E-state index in [1.165, 1.54) is 22.1 Å². The zero-order valence-electron chi connectivity index (χ0n) is 19.5. The molecule has 2 heterocycles. The number of pyridine rings is 1. The van der Waals surface area contributed by atoms with Crippen LogP contribution in [-0.2, 0) is 26.1 Å². The molecule has 0 atom stereocenters. The van der Waals surface area contributed by atoms with Gasteiger partial charge in [-0.1, -0.05) is 84.4 Å². The van der Waals surface area contributed by atoms with Crippen molar-refractivity contribution in [3.63, 3.8) is 0 Å². The molecule has 2 aromatic heterocycles. The van der Waals surface area contributed by atoms with E-state index in [4.69, 9.17) is 4.98 Å². The van der Waals surface area contributed by atoms with E-state index in [2.05, 4.69) is 105 Å². The summed E-state index contributed by atoms with van der Waals surface area (Å²) < 4.78 is 2.14. The van der Waals surface area contributed by atoms with Crippen LogP contribution in [0.25, 0.3) is 10.9 Å². The number of nitrogens with zero attached hydrogens (tertiary/aromatic N) is 5. The molecule has 0 spiro atoms. The van der Waals surface area contributed by atoms with Gasteiger partial charge in [-0.15, -0.1) is 10.2 Å². The van der Waals surface area contributed by atoms with Gasteiger partial charge in [-0.3, -0.25) is 9.88 Å². The molecule has 0 amide bonds. The van der Waals surface area contributed by atoms with Crippen molar-refractivity contribution in [3.05, 3.63) is 126 Å². The molecule has 0 N–H and O–H groups in total. The molecule has 0 bridgehead atoms. The normalized spacial score (nSPS) is 11.4. The molecule has 0 aliphatic heterocycles. The van der Waals surface area contributed by atoms with E-state index >= 15 is 0 Å². The Kier molecular flexibility index (Phi) is 6.73. The fraction of sp³-hybridized carbons (Fsp3) is 0.207. The minimum absolute atomic E-state index is 0.715. The number of hydrogen-bond acceptors (Lipinski definition) is 4. The lowest BCUT2D eigenvalue weighted by atomic mass is 10.1. The lowest BCUT2D eigenvalue weighted by Crippen LogP contribution is -2.27. The van der Waals surface area contributed by atoms with Gasteiger partial charge in [-0.05, 0) is 36.6 Å². The lowest BCUT2D eigenvalue weighted by molar-refractivity contribution is 0.247. The standard InChI is InChI=1S/C29H29N5/c1-23-11-13-24(14-12-23)17-18-33(20-27-16-15-26-9-5-6-10-28(26)31-27)21-29-32-30-22-34(29)19-25-7-3-2-4-8-25/h2-16,22H,17-21H2,1H3. The van der Waals surface area contributed by atoms with Crippen LogP contribution in [-0.4, -0.2) is 31.2 Å². The van der Waals surface area contributed by atoms with E-state index in [1.54, 1.807) is 0 Å². The molecule has 5 heteroatoms. The van der Waals surface area contributed by atoms with Crippen LogP contribution in [0.15, 0.2) is 97.3 Å². The highest BCUT2D eigenvalue weighted by molar-refractivity contribution is 5.78. The smallest absolute Gasteiger partial charge is 0.147 e. The van der Waals surface area contributed by atoms with Crippen molar-refractivity contribution in [2.24, 2.45) is 0 Å². The van der Waals surface area contributed by atoms with Crippen LogP contribution in [0.3, 0.4) is 0 Å². The van der Waals surface area contributed by atoms with Gasteiger partial charge in [0.15, 0.2) is 0 Å². The van der Waals surface area contributed by atoms with E-state index in [9.17, 15) is 0 Å². The molecule has 5 aromatic rings. The molecule has 0 aliphatic rings. The van der Waals surface area contributed by atoms with Crippen LogP contribution in [0.4, 0.5) is 0 Å². The van der Waals surface area contributed by atoms with Gasteiger partial charge in [0.25, 0.3) is 0 Å². The zero-order chi connectivity index (χ0) is 23.2. The van der Waals surface area contributed by atoms with Crippen molar-refractivity contribution in [1.29, 1.82) is 0 Å². The Hall–Kier alpha value is -3.83. The zero-order valence-corrected chi connectivity index (χ0v) is 19.5. The second-order valence-corrected chi connectivity index (χ2v) is 8.80. The molecule has 170 valence electrons. The fourth-order valence-corrected chi connectivity index (χ4v) is 4.19. The van der Waals surface area contributed by atoms with Crippen LogP contribution >= 0.6 is 0 Å². The molecule has 3 aromatic carbocycles. The van der Waals surface area contributed by atoms with E-state index in [0.717, 1.165) is 43.1 Å². The maximum atomic E-state index is 4.92. The molecular formula is C29H29N5. The van der Waals surface area contributed by atoms with Crippen molar-refractivity contribution >= 4 is 10.9 Å². The Morgan fingerprint density at radius 2 is 1.56 bits per heavy atom.